The van der Waals surface area contributed by atoms with Crippen molar-refractivity contribution >= 4 is 23.1 Å². The fourth-order valence-electron chi connectivity index (χ4n) is 3.37. The van der Waals surface area contributed by atoms with Gasteiger partial charge in [0.15, 0.2) is 5.65 Å². The number of hydrogen-bond donors (Lipinski definition) is 1. The molecule has 4 nitrogen and oxygen atoms in total. The average molecular weight is 405 g/mol. The van der Waals surface area contributed by atoms with Crippen LogP contribution < -0.4 is 5.32 Å². The Labute approximate surface area is 176 Å². The van der Waals surface area contributed by atoms with Crippen molar-refractivity contribution in [3.05, 3.63) is 83.1 Å². The highest BCUT2D eigenvalue weighted by Crippen LogP contribution is 2.33. The number of nitrogens with one attached hydrogen (secondary N) is 1. The lowest BCUT2D eigenvalue weighted by atomic mass is 9.91. The molecule has 4 aromatic rings. The van der Waals surface area contributed by atoms with Crippen LogP contribution >= 0.6 is 11.6 Å². The molecule has 1 atom stereocenters. The first-order chi connectivity index (χ1) is 13.8. The number of anilines is 1. The van der Waals surface area contributed by atoms with E-state index in [1.807, 2.05) is 41.0 Å². The zero-order chi connectivity index (χ0) is 20.6. The minimum absolute atomic E-state index is 0.101. The van der Waals surface area contributed by atoms with E-state index in [0.29, 0.717) is 5.02 Å². The van der Waals surface area contributed by atoms with Gasteiger partial charge in [0.25, 0.3) is 0 Å². The minimum atomic E-state index is -0.101. The molecule has 1 N–H and O–H groups in total. The number of fused-ring (bicyclic) bond motifs is 1. The first-order valence-electron chi connectivity index (χ1n) is 9.80. The molecule has 0 aliphatic rings. The largest absolute Gasteiger partial charge is 0.363 e. The predicted molar refractivity (Wildman–Crippen MR) is 121 cm³/mol. The molecular formula is C24H25ClN4. The molecule has 2 aromatic carbocycles. The third-order valence-corrected chi connectivity index (χ3v) is 5.40. The number of rotatable bonds is 4. The van der Waals surface area contributed by atoms with Gasteiger partial charge in [-0.25, -0.2) is 4.98 Å². The molecular weight excluding hydrogens is 380 g/mol. The number of halogens is 1. The van der Waals surface area contributed by atoms with Gasteiger partial charge in [-0.05, 0) is 18.6 Å². The summed E-state index contributed by atoms with van der Waals surface area (Å²) in [4.78, 5) is 4.97. The van der Waals surface area contributed by atoms with Gasteiger partial charge in [-0.15, -0.1) is 0 Å². The Kier molecular flexibility index (Phi) is 5.05. The molecule has 0 aliphatic heterocycles. The molecule has 2 heterocycles. The van der Waals surface area contributed by atoms with Crippen LogP contribution in [0.2, 0.25) is 5.02 Å². The summed E-state index contributed by atoms with van der Waals surface area (Å²) < 4.78 is 1.87. The van der Waals surface area contributed by atoms with E-state index in [2.05, 4.69) is 68.4 Å². The molecule has 0 saturated carbocycles. The predicted octanol–water partition coefficient (Wildman–Crippen LogP) is 6.52. The summed E-state index contributed by atoms with van der Waals surface area (Å²) in [7, 11) is 0. The van der Waals surface area contributed by atoms with E-state index in [1.54, 1.807) is 0 Å². The monoisotopic (exact) mass is 404 g/mol. The summed E-state index contributed by atoms with van der Waals surface area (Å²) in [5.74, 6) is 0.912. The summed E-state index contributed by atoms with van der Waals surface area (Å²) >= 11 is 6.47. The van der Waals surface area contributed by atoms with Crippen molar-refractivity contribution in [2.45, 2.75) is 39.2 Å². The second-order valence-electron chi connectivity index (χ2n) is 8.33. The van der Waals surface area contributed by atoms with Gasteiger partial charge in [-0.3, -0.25) is 0 Å². The highest BCUT2D eigenvalue weighted by molar-refractivity contribution is 6.33. The van der Waals surface area contributed by atoms with Gasteiger partial charge >= 0.3 is 0 Å². The summed E-state index contributed by atoms with van der Waals surface area (Å²) in [6, 6.07) is 20.4. The van der Waals surface area contributed by atoms with Gasteiger partial charge in [0.1, 0.15) is 5.82 Å². The van der Waals surface area contributed by atoms with E-state index in [1.165, 1.54) is 5.56 Å². The van der Waals surface area contributed by atoms with Crippen molar-refractivity contribution in [1.82, 2.24) is 14.6 Å². The molecule has 0 spiro atoms. The average Bonchev–Trinajstić information content (AvgIpc) is 3.12. The smallest absolute Gasteiger partial charge is 0.165 e. The van der Waals surface area contributed by atoms with Crippen molar-refractivity contribution in [2.75, 3.05) is 5.32 Å². The van der Waals surface area contributed by atoms with Crippen molar-refractivity contribution in [3.8, 4) is 11.1 Å². The van der Waals surface area contributed by atoms with Crippen LogP contribution in [-0.4, -0.2) is 14.6 Å². The number of hydrogen-bond acceptors (Lipinski definition) is 3. The number of aromatic nitrogens is 3. The van der Waals surface area contributed by atoms with Gasteiger partial charge < -0.3 is 5.32 Å². The highest BCUT2D eigenvalue weighted by Gasteiger charge is 2.22. The topological polar surface area (TPSA) is 42.2 Å². The lowest BCUT2D eigenvalue weighted by Crippen LogP contribution is -2.17. The lowest BCUT2D eigenvalue weighted by Gasteiger charge is -2.22. The second kappa shape index (κ2) is 7.53. The van der Waals surface area contributed by atoms with Crippen molar-refractivity contribution in [1.29, 1.82) is 0 Å². The van der Waals surface area contributed by atoms with Crippen LogP contribution in [0, 0.1) is 0 Å². The quantitative estimate of drug-likeness (QED) is 0.421. The number of nitrogens with zero attached hydrogens (tertiary/aromatic N) is 3. The Bertz CT molecular complexity index is 1140. The Hall–Kier alpha value is -2.85. The van der Waals surface area contributed by atoms with E-state index in [-0.39, 0.29) is 11.5 Å². The zero-order valence-corrected chi connectivity index (χ0v) is 17.9. The van der Waals surface area contributed by atoms with Gasteiger partial charge in [-0.1, -0.05) is 80.9 Å². The van der Waals surface area contributed by atoms with Gasteiger partial charge in [0, 0.05) is 33.7 Å². The van der Waals surface area contributed by atoms with Gasteiger partial charge in [-0.2, -0.15) is 9.61 Å². The molecule has 5 heteroatoms. The number of benzene rings is 2. The molecule has 29 heavy (non-hydrogen) atoms. The van der Waals surface area contributed by atoms with E-state index < -0.39 is 0 Å². The van der Waals surface area contributed by atoms with Crippen LogP contribution in [-0.2, 0) is 5.41 Å². The van der Waals surface area contributed by atoms with Crippen molar-refractivity contribution < 1.29 is 0 Å². The molecule has 0 fully saturated rings. The Morgan fingerprint density at radius 1 is 0.966 bits per heavy atom. The Balaban J connectivity index is 1.87. The molecule has 148 valence electrons. The standard InChI is InChI=1S/C24H25ClN4/c1-16(17-10-6-5-7-11-17)27-22-14-21(24(2,3)4)28-23-19(15-26-29(22)23)18-12-8-9-13-20(18)25/h5-16,27H,1-4H3. The van der Waals surface area contributed by atoms with E-state index in [4.69, 9.17) is 16.6 Å². The normalized spacial score (nSPS) is 12.9. The maximum atomic E-state index is 6.47. The molecule has 0 aliphatic carbocycles. The molecule has 0 amide bonds. The summed E-state index contributed by atoms with van der Waals surface area (Å²) in [5.41, 5.74) is 4.78. The summed E-state index contributed by atoms with van der Waals surface area (Å²) in [6.07, 6.45) is 1.84. The maximum Gasteiger partial charge on any atom is 0.165 e. The molecule has 2 aromatic heterocycles. The van der Waals surface area contributed by atoms with Crippen LogP contribution in [0.15, 0.2) is 66.9 Å². The van der Waals surface area contributed by atoms with Gasteiger partial charge in [0.05, 0.1) is 11.9 Å². The first-order valence-corrected chi connectivity index (χ1v) is 10.2. The third kappa shape index (κ3) is 3.85. The van der Waals surface area contributed by atoms with Crippen LogP contribution in [0.25, 0.3) is 16.8 Å². The van der Waals surface area contributed by atoms with Crippen LogP contribution in [0.1, 0.15) is 45.0 Å². The van der Waals surface area contributed by atoms with Crippen LogP contribution in [0.3, 0.4) is 0 Å². The van der Waals surface area contributed by atoms with Gasteiger partial charge in [0.2, 0.25) is 0 Å². The molecule has 4 rings (SSSR count). The van der Waals surface area contributed by atoms with Crippen molar-refractivity contribution in [3.63, 3.8) is 0 Å². The summed E-state index contributed by atoms with van der Waals surface area (Å²) in [5, 5.41) is 8.95. The van der Waals surface area contributed by atoms with E-state index >= 15 is 0 Å². The lowest BCUT2D eigenvalue weighted by molar-refractivity contribution is 0.568. The molecule has 0 radical (unpaired) electrons. The fraction of sp³-hybridized carbons (Fsp3) is 0.250. The SMILES string of the molecule is CC(Nc1cc(C(C)(C)C)nc2c(-c3ccccc3Cl)cnn12)c1ccccc1. The van der Waals surface area contributed by atoms with E-state index in [0.717, 1.165) is 28.3 Å². The first kappa shape index (κ1) is 19.5. The van der Waals surface area contributed by atoms with Crippen molar-refractivity contribution in [2.24, 2.45) is 0 Å². The maximum absolute atomic E-state index is 6.47. The molecule has 0 saturated heterocycles. The Morgan fingerprint density at radius 2 is 1.66 bits per heavy atom. The minimum Gasteiger partial charge on any atom is -0.363 e. The van der Waals surface area contributed by atoms with Crippen LogP contribution in [0.4, 0.5) is 5.82 Å². The highest BCUT2D eigenvalue weighted by atomic mass is 35.5. The fourth-order valence-corrected chi connectivity index (χ4v) is 3.60. The molecule has 1 unspecified atom stereocenters. The Morgan fingerprint density at radius 3 is 2.34 bits per heavy atom. The zero-order valence-electron chi connectivity index (χ0n) is 17.1. The molecule has 0 bridgehead atoms. The van der Waals surface area contributed by atoms with E-state index in [9.17, 15) is 0 Å². The van der Waals surface area contributed by atoms with Crippen LogP contribution in [0.5, 0.6) is 0 Å². The summed E-state index contributed by atoms with van der Waals surface area (Å²) in [6.45, 7) is 8.65. The third-order valence-electron chi connectivity index (χ3n) is 5.07. The second-order valence-corrected chi connectivity index (χ2v) is 8.73.